The number of aryl methyl sites for hydroxylation is 8. The van der Waals surface area contributed by atoms with Crippen molar-refractivity contribution in [3.05, 3.63) is 164 Å². The summed E-state index contributed by atoms with van der Waals surface area (Å²) in [7, 11) is 0. The molecule has 0 aliphatic heterocycles. The fraction of sp³-hybridized carbons (Fsp3) is 0.355. The predicted octanol–water partition coefficient (Wildman–Crippen LogP) is 15.7. The molecule has 0 radical (unpaired) electrons. The highest BCUT2D eigenvalue weighted by atomic mass is 15.3. The molecule has 0 saturated carbocycles. The van der Waals surface area contributed by atoms with Gasteiger partial charge in [-0.15, -0.1) is 0 Å². The lowest BCUT2D eigenvalue weighted by Gasteiger charge is -2.35. The average Bonchev–Trinajstić information content (AvgIpc) is 3.31. The second-order valence-corrected chi connectivity index (χ2v) is 19.4. The third-order valence-corrected chi connectivity index (χ3v) is 15.7. The van der Waals surface area contributed by atoms with Crippen LogP contribution < -0.4 is 20.2 Å². The van der Waals surface area contributed by atoms with Crippen LogP contribution in [0.15, 0.2) is 103 Å². The number of hydrogen-bond acceptors (Lipinski definition) is 2. The zero-order chi connectivity index (χ0) is 46.0. The average molecular weight is 861 g/mol. The minimum atomic E-state index is 1.02. The maximum Gasteiger partial charge on any atom is 0.0786 e. The number of nitrogens with zero attached hydrogens (tertiary/aromatic N) is 3. The molecular formula is C62H74N3+. The third-order valence-electron chi connectivity index (χ3n) is 15.7. The number of quaternary nitrogens is 1. The Morgan fingerprint density at radius 1 is 0.415 bits per heavy atom. The van der Waals surface area contributed by atoms with E-state index in [-0.39, 0.29) is 0 Å². The number of rotatable bonds is 16. The van der Waals surface area contributed by atoms with Gasteiger partial charge in [0.1, 0.15) is 0 Å². The van der Waals surface area contributed by atoms with Crippen LogP contribution in [-0.4, -0.2) is 30.7 Å². The van der Waals surface area contributed by atoms with Gasteiger partial charge in [-0.1, -0.05) is 61.0 Å². The second kappa shape index (κ2) is 19.4. The summed E-state index contributed by atoms with van der Waals surface area (Å²) in [6, 6.07) is 40.1. The van der Waals surface area contributed by atoms with Crippen molar-refractivity contribution in [1.82, 2.24) is 0 Å². The topological polar surface area (TPSA) is 6.48 Å². The van der Waals surface area contributed by atoms with Crippen LogP contribution in [0.3, 0.4) is 0 Å². The van der Waals surface area contributed by atoms with Gasteiger partial charge in [-0.2, -0.15) is 0 Å². The molecule has 1 aliphatic carbocycles. The van der Waals surface area contributed by atoms with E-state index in [4.69, 9.17) is 0 Å². The van der Waals surface area contributed by atoms with Crippen LogP contribution in [-0.2, 0) is 6.42 Å². The van der Waals surface area contributed by atoms with Crippen LogP contribution in [0.2, 0.25) is 0 Å². The Bertz CT molecular complexity index is 2940. The van der Waals surface area contributed by atoms with Gasteiger partial charge in [-0.3, -0.25) is 0 Å². The molecule has 0 unspecified atom stereocenters. The summed E-state index contributed by atoms with van der Waals surface area (Å²) < 4.78 is 1.25. The maximum absolute atomic E-state index is 2.57. The normalized spacial score (nSPS) is 12.6. The van der Waals surface area contributed by atoms with E-state index in [0.29, 0.717) is 0 Å². The smallest absolute Gasteiger partial charge is 0.0786 e. The molecule has 8 rings (SSSR count). The summed E-state index contributed by atoms with van der Waals surface area (Å²) in [6.45, 7) is 30.1. The lowest BCUT2D eigenvalue weighted by molar-refractivity contribution is -0.923. The maximum atomic E-state index is 2.57. The van der Waals surface area contributed by atoms with E-state index >= 15 is 0 Å². The van der Waals surface area contributed by atoms with E-state index in [1.54, 1.807) is 0 Å². The van der Waals surface area contributed by atoms with Gasteiger partial charge < -0.3 is 14.3 Å². The standard InChI is InChI=1S/C62H74N3/c1-12-65(13-2,14-3)34-22-16-15-17-23-50-39-54(38-48(10)49(50)11)64(53-33-30-44(6)47(9)37-53)62-41-60-55-24-18-20-26-57(55)61(40-59(60)56-25-19-21-27-58(56)62)63(51-31-28-42(4)45(7)35-51)52-32-29-43(5)46(8)36-52/h19,21,24-33,35-41H,12-18,20,22-23,34H2,1-11H3/q+1. The van der Waals surface area contributed by atoms with Gasteiger partial charge in [0.2, 0.25) is 0 Å². The molecule has 0 fully saturated rings. The molecule has 7 aromatic carbocycles. The quantitative estimate of drug-likeness (QED) is 0.0543. The Morgan fingerprint density at radius 3 is 1.46 bits per heavy atom. The Hall–Kier alpha value is -5.64. The van der Waals surface area contributed by atoms with E-state index in [9.17, 15) is 0 Å². The molecule has 0 saturated heterocycles. The molecular weight excluding hydrogens is 787 g/mol. The number of unbranched alkanes of at least 4 members (excludes halogenated alkanes) is 3. The van der Waals surface area contributed by atoms with Crippen molar-refractivity contribution in [2.45, 2.75) is 121 Å². The molecule has 1 aliphatic rings. The minimum absolute atomic E-state index is 1.02. The van der Waals surface area contributed by atoms with Gasteiger partial charge in [0.15, 0.2) is 0 Å². The first-order valence-corrected chi connectivity index (χ1v) is 24.8. The van der Waals surface area contributed by atoms with Gasteiger partial charge in [-0.25, -0.2) is 0 Å². The molecule has 7 aromatic rings. The summed E-state index contributed by atoms with van der Waals surface area (Å²) in [5, 5.41) is 7.78. The van der Waals surface area contributed by atoms with Crippen molar-refractivity contribution >= 4 is 67.8 Å². The number of fused-ring (bicyclic) bond motifs is 5. The zero-order valence-electron chi connectivity index (χ0n) is 41.6. The molecule has 0 amide bonds. The van der Waals surface area contributed by atoms with Crippen LogP contribution >= 0.6 is 0 Å². The van der Waals surface area contributed by atoms with Crippen molar-refractivity contribution in [3.63, 3.8) is 0 Å². The molecule has 0 heterocycles. The van der Waals surface area contributed by atoms with Crippen LogP contribution in [0.4, 0.5) is 34.1 Å². The Labute approximate surface area is 391 Å². The molecule has 0 bridgehead atoms. The van der Waals surface area contributed by atoms with E-state index in [2.05, 4.69) is 201 Å². The molecule has 0 atom stereocenters. The van der Waals surface area contributed by atoms with E-state index in [1.807, 2.05) is 0 Å². The second-order valence-electron chi connectivity index (χ2n) is 19.4. The fourth-order valence-electron chi connectivity index (χ4n) is 10.5. The Balaban J connectivity index is 1.30. The summed E-state index contributed by atoms with van der Waals surface area (Å²) in [5.41, 5.74) is 19.4. The van der Waals surface area contributed by atoms with Crippen molar-refractivity contribution < 1.29 is 4.48 Å². The van der Waals surface area contributed by atoms with Crippen molar-refractivity contribution in [2.24, 2.45) is 0 Å². The monoisotopic (exact) mass is 861 g/mol. The molecule has 0 N–H and O–H groups in total. The van der Waals surface area contributed by atoms with Gasteiger partial charge in [-0.05, 0) is 247 Å². The lowest BCUT2D eigenvalue weighted by Crippen LogP contribution is -2.48. The summed E-state index contributed by atoms with van der Waals surface area (Å²) in [5.74, 6) is 0. The SMILES string of the molecule is CC[N+](CC)(CC)CCCCCCc1cc(N(c2ccc(C)c(C)c2)c2cc3c4c(c(N(c5ccc(C)c(C)c5)c5ccc(C)c(C)c5)cc3c3ccccc23)=CCCC=4)cc(C)c1C. The molecule has 3 nitrogen and oxygen atoms in total. The molecule has 336 valence electrons. The van der Waals surface area contributed by atoms with Gasteiger partial charge in [0, 0.05) is 33.4 Å². The molecule has 0 spiro atoms. The first-order chi connectivity index (χ1) is 31.4. The van der Waals surface area contributed by atoms with Crippen molar-refractivity contribution in [1.29, 1.82) is 0 Å². The molecule has 0 aromatic heterocycles. The van der Waals surface area contributed by atoms with Crippen LogP contribution in [0.1, 0.15) is 109 Å². The van der Waals surface area contributed by atoms with Crippen LogP contribution in [0.25, 0.3) is 33.7 Å². The van der Waals surface area contributed by atoms with Crippen molar-refractivity contribution in [3.8, 4) is 0 Å². The van der Waals surface area contributed by atoms with Crippen LogP contribution in [0.5, 0.6) is 0 Å². The summed E-state index contributed by atoms with van der Waals surface area (Å²) >= 11 is 0. The van der Waals surface area contributed by atoms with Gasteiger partial charge in [0.25, 0.3) is 0 Å². The molecule has 3 heteroatoms. The van der Waals surface area contributed by atoms with E-state index in [0.717, 1.165) is 19.3 Å². The zero-order valence-corrected chi connectivity index (χ0v) is 41.6. The number of anilines is 6. The predicted molar refractivity (Wildman–Crippen MR) is 285 cm³/mol. The minimum Gasteiger partial charge on any atom is -0.324 e. The Kier molecular flexibility index (Phi) is 13.7. The first kappa shape index (κ1) is 45.9. The van der Waals surface area contributed by atoms with E-state index < -0.39 is 0 Å². The largest absolute Gasteiger partial charge is 0.324 e. The third kappa shape index (κ3) is 9.15. The molecule has 65 heavy (non-hydrogen) atoms. The Morgan fingerprint density at radius 2 is 0.908 bits per heavy atom. The highest BCUT2D eigenvalue weighted by molar-refractivity contribution is 6.16. The number of benzene rings is 7. The first-order valence-electron chi connectivity index (χ1n) is 24.8. The van der Waals surface area contributed by atoms with E-state index in [1.165, 1.54) is 173 Å². The fourth-order valence-corrected chi connectivity index (χ4v) is 10.5. The lowest BCUT2D eigenvalue weighted by atomic mass is 9.92. The number of hydrogen-bond donors (Lipinski definition) is 0. The highest BCUT2D eigenvalue weighted by Gasteiger charge is 2.24. The summed E-state index contributed by atoms with van der Waals surface area (Å²) in [4.78, 5) is 5.09. The summed E-state index contributed by atoms with van der Waals surface area (Å²) in [6.07, 6.45) is 13.3. The highest BCUT2D eigenvalue weighted by Crippen LogP contribution is 2.44. The van der Waals surface area contributed by atoms with Crippen LogP contribution in [0, 0.1) is 55.4 Å². The van der Waals surface area contributed by atoms with Gasteiger partial charge in [0.05, 0.1) is 37.6 Å². The van der Waals surface area contributed by atoms with Gasteiger partial charge >= 0.3 is 0 Å². The van der Waals surface area contributed by atoms with Crippen molar-refractivity contribution in [2.75, 3.05) is 36.0 Å².